The molecule has 0 bridgehead atoms. The summed E-state index contributed by atoms with van der Waals surface area (Å²) in [5.74, 6) is 0.876. The number of aryl methyl sites for hydroxylation is 3. The van der Waals surface area contributed by atoms with E-state index in [0.29, 0.717) is 17.3 Å². The summed E-state index contributed by atoms with van der Waals surface area (Å²) in [4.78, 5) is 29.1. The summed E-state index contributed by atoms with van der Waals surface area (Å²) in [6, 6.07) is 2.05. The molecule has 5 aromatic rings. The van der Waals surface area contributed by atoms with Gasteiger partial charge < -0.3 is 14.7 Å². The molecule has 0 atom stereocenters. The van der Waals surface area contributed by atoms with Gasteiger partial charge in [-0.1, -0.05) is 0 Å². The van der Waals surface area contributed by atoms with E-state index >= 15 is 0 Å². The SMILES string of the molecule is Cc1cc(C)c2c(n1)sc1c2ncn2nc(Cn3cc([N+](=O)[O-])nc3C)nc12. The zero-order chi connectivity index (χ0) is 19.6. The maximum absolute atomic E-state index is 10.9. The zero-order valence-electron chi connectivity index (χ0n) is 15.2. The lowest BCUT2D eigenvalue weighted by atomic mass is 10.1. The predicted octanol–water partition coefficient (Wildman–Crippen LogP) is 2.97. The van der Waals surface area contributed by atoms with Crippen molar-refractivity contribution in [1.82, 2.24) is 34.1 Å². The highest BCUT2D eigenvalue weighted by molar-refractivity contribution is 7.26. The molecule has 11 heteroatoms. The summed E-state index contributed by atoms with van der Waals surface area (Å²) in [6.45, 7) is 6.03. The van der Waals surface area contributed by atoms with Crippen molar-refractivity contribution in [3.63, 3.8) is 0 Å². The molecule has 5 heterocycles. The highest BCUT2D eigenvalue weighted by atomic mass is 32.1. The lowest BCUT2D eigenvalue weighted by Crippen LogP contribution is -2.02. The normalized spacial score (nSPS) is 11.8. The molecule has 0 saturated heterocycles. The summed E-state index contributed by atoms with van der Waals surface area (Å²) >= 11 is 1.54. The fraction of sp³-hybridized carbons (Fsp3) is 0.235. The standard InChI is InChI=1S/C17H14N8O2S/c1-8-4-9(2)19-17-13(8)14-15(28-17)16-21-11(22-24(16)7-18-14)5-23-6-12(25(26)27)20-10(23)3/h4,6-7H,5H2,1-3H3. The molecule has 0 aliphatic heterocycles. The number of hydrogen-bond donors (Lipinski definition) is 0. The van der Waals surface area contributed by atoms with Crippen LogP contribution in [0.1, 0.15) is 22.9 Å². The van der Waals surface area contributed by atoms with Crippen LogP contribution in [0.25, 0.3) is 26.1 Å². The number of hydrogen-bond acceptors (Lipinski definition) is 8. The molecular weight excluding hydrogens is 380 g/mol. The van der Waals surface area contributed by atoms with Crippen molar-refractivity contribution in [1.29, 1.82) is 0 Å². The van der Waals surface area contributed by atoms with Crippen LogP contribution in [-0.2, 0) is 6.54 Å². The van der Waals surface area contributed by atoms with Gasteiger partial charge in [0.15, 0.2) is 11.5 Å². The van der Waals surface area contributed by atoms with Crippen molar-refractivity contribution < 1.29 is 4.92 Å². The average molecular weight is 394 g/mol. The summed E-state index contributed by atoms with van der Waals surface area (Å²) in [5, 5.41) is 16.4. The first kappa shape index (κ1) is 16.7. The van der Waals surface area contributed by atoms with E-state index in [0.717, 1.165) is 31.7 Å². The first-order valence-corrected chi connectivity index (χ1v) is 9.31. The van der Waals surface area contributed by atoms with E-state index in [1.165, 1.54) is 6.20 Å². The third-order valence-electron chi connectivity index (χ3n) is 4.60. The van der Waals surface area contributed by atoms with Gasteiger partial charge in [0.2, 0.25) is 5.82 Å². The Morgan fingerprint density at radius 3 is 2.79 bits per heavy atom. The Morgan fingerprint density at radius 2 is 2.04 bits per heavy atom. The molecule has 28 heavy (non-hydrogen) atoms. The Kier molecular flexibility index (Phi) is 3.43. The Bertz CT molecular complexity index is 1410. The predicted molar refractivity (Wildman–Crippen MR) is 104 cm³/mol. The maximum Gasteiger partial charge on any atom is 0.381 e. The number of imidazole rings is 1. The molecular formula is C17H14N8O2S. The number of thiophene rings is 1. The van der Waals surface area contributed by atoms with Crippen molar-refractivity contribution >= 4 is 43.2 Å². The maximum atomic E-state index is 10.9. The largest absolute Gasteiger partial charge is 0.381 e. The third kappa shape index (κ3) is 2.43. The first-order valence-electron chi connectivity index (χ1n) is 8.49. The molecule has 0 aliphatic carbocycles. The van der Waals surface area contributed by atoms with E-state index in [4.69, 9.17) is 0 Å². The molecule has 10 nitrogen and oxygen atoms in total. The van der Waals surface area contributed by atoms with Crippen molar-refractivity contribution in [2.45, 2.75) is 27.3 Å². The molecule has 0 fully saturated rings. The van der Waals surface area contributed by atoms with E-state index in [9.17, 15) is 10.1 Å². The van der Waals surface area contributed by atoms with Crippen molar-refractivity contribution in [2.24, 2.45) is 0 Å². The molecule has 0 radical (unpaired) electrons. The van der Waals surface area contributed by atoms with Gasteiger partial charge in [0.1, 0.15) is 22.1 Å². The van der Waals surface area contributed by atoms with Gasteiger partial charge in [0.25, 0.3) is 0 Å². The number of pyridine rings is 1. The minimum absolute atomic E-state index is 0.188. The topological polar surface area (TPSA) is 117 Å². The average Bonchev–Trinajstić information content (AvgIpc) is 3.29. The Labute approximate surface area is 161 Å². The quantitative estimate of drug-likeness (QED) is 0.341. The van der Waals surface area contributed by atoms with Crippen LogP contribution >= 0.6 is 11.3 Å². The van der Waals surface area contributed by atoms with E-state index in [1.54, 1.807) is 33.7 Å². The van der Waals surface area contributed by atoms with E-state index in [2.05, 4.69) is 32.0 Å². The zero-order valence-corrected chi connectivity index (χ0v) is 16.1. The number of aromatic nitrogens is 7. The van der Waals surface area contributed by atoms with Gasteiger partial charge in [-0.05, 0) is 35.4 Å². The Hall–Kier alpha value is -3.47. The Balaban J connectivity index is 1.66. The van der Waals surface area contributed by atoms with Gasteiger partial charge in [-0.15, -0.1) is 16.4 Å². The Morgan fingerprint density at radius 1 is 1.21 bits per heavy atom. The first-order chi connectivity index (χ1) is 13.4. The third-order valence-corrected chi connectivity index (χ3v) is 5.67. The van der Waals surface area contributed by atoms with Gasteiger partial charge in [0, 0.05) is 18.0 Å². The van der Waals surface area contributed by atoms with Crippen LogP contribution in [0.15, 0.2) is 18.6 Å². The monoisotopic (exact) mass is 394 g/mol. The summed E-state index contributed by atoms with van der Waals surface area (Å²) in [6.07, 6.45) is 3.03. The minimum atomic E-state index is -0.511. The van der Waals surface area contributed by atoms with Crippen molar-refractivity contribution in [3.05, 3.63) is 51.6 Å². The molecule has 0 N–H and O–H groups in total. The van der Waals surface area contributed by atoms with Gasteiger partial charge in [-0.3, -0.25) is 0 Å². The highest BCUT2D eigenvalue weighted by Crippen LogP contribution is 2.35. The van der Waals surface area contributed by atoms with Gasteiger partial charge in [-0.25, -0.2) is 19.5 Å². The summed E-state index contributed by atoms with van der Waals surface area (Å²) in [5.41, 5.74) is 3.66. The van der Waals surface area contributed by atoms with Gasteiger partial charge >= 0.3 is 5.82 Å². The molecule has 0 unspecified atom stereocenters. The molecule has 0 aliphatic rings. The second-order valence-corrected chi connectivity index (χ2v) is 7.61. The molecule has 5 rings (SSSR count). The molecule has 140 valence electrons. The van der Waals surface area contributed by atoms with Gasteiger partial charge in [0.05, 0.1) is 12.1 Å². The molecule has 5 aromatic heterocycles. The van der Waals surface area contributed by atoms with Crippen molar-refractivity contribution in [3.8, 4) is 0 Å². The van der Waals surface area contributed by atoms with E-state index in [-0.39, 0.29) is 12.4 Å². The number of nitro groups is 1. The van der Waals surface area contributed by atoms with Gasteiger partial charge in [-0.2, -0.15) is 0 Å². The smallest absolute Gasteiger partial charge is 0.358 e. The van der Waals surface area contributed by atoms with Crippen LogP contribution in [0.4, 0.5) is 5.82 Å². The van der Waals surface area contributed by atoms with Crippen LogP contribution in [-0.4, -0.2) is 39.0 Å². The van der Waals surface area contributed by atoms with Crippen LogP contribution in [0.3, 0.4) is 0 Å². The lowest BCUT2D eigenvalue weighted by Gasteiger charge is -1.98. The fourth-order valence-corrected chi connectivity index (χ4v) is 4.60. The molecule has 0 spiro atoms. The molecule has 0 saturated carbocycles. The lowest BCUT2D eigenvalue weighted by molar-refractivity contribution is -0.389. The summed E-state index contributed by atoms with van der Waals surface area (Å²) < 4.78 is 4.22. The second-order valence-electron chi connectivity index (χ2n) is 6.61. The second kappa shape index (κ2) is 5.76. The van der Waals surface area contributed by atoms with E-state index in [1.807, 2.05) is 13.0 Å². The number of fused-ring (bicyclic) bond motifs is 5. The van der Waals surface area contributed by atoms with Crippen molar-refractivity contribution in [2.75, 3.05) is 0 Å². The highest BCUT2D eigenvalue weighted by Gasteiger charge is 2.19. The number of rotatable bonds is 3. The van der Waals surface area contributed by atoms with Crippen LogP contribution in [0.2, 0.25) is 0 Å². The van der Waals surface area contributed by atoms with Crippen LogP contribution in [0, 0.1) is 30.9 Å². The molecule has 0 aromatic carbocycles. The number of nitrogens with zero attached hydrogens (tertiary/aromatic N) is 8. The van der Waals surface area contributed by atoms with E-state index < -0.39 is 4.92 Å². The fourth-order valence-electron chi connectivity index (χ4n) is 3.37. The molecule has 0 amide bonds. The summed E-state index contributed by atoms with van der Waals surface area (Å²) in [7, 11) is 0. The van der Waals surface area contributed by atoms with Crippen LogP contribution in [0.5, 0.6) is 0 Å². The minimum Gasteiger partial charge on any atom is -0.358 e. The van der Waals surface area contributed by atoms with Crippen LogP contribution < -0.4 is 0 Å².